The van der Waals surface area contributed by atoms with E-state index in [0.29, 0.717) is 32.5 Å². The highest BCUT2D eigenvalue weighted by atomic mass is 16.4. The molecule has 0 aromatic heterocycles. The smallest absolute Gasteiger partial charge is 0.306 e. The minimum Gasteiger partial charge on any atom is -0.481 e. The maximum absolute atomic E-state index is 12.3. The van der Waals surface area contributed by atoms with Gasteiger partial charge in [-0.2, -0.15) is 0 Å². The molecular weight excluding hydrogens is 268 g/mol. The van der Waals surface area contributed by atoms with Crippen LogP contribution in [0.2, 0.25) is 0 Å². The molecule has 0 saturated carbocycles. The van der Waals surface area contributed by atoms with Crippen LogP contribution in [0.15, 0.2) is 0 Å². The Hall–Kier alpha value is -1.10. The van der Waals surface area contributed by atoms with Gasteiger partial charge in [-0.15, -0.1) is 0 Å². The average Bonchev–Trinajstić information content (AvgIpc) is 2.49. The average molecular weight is 296 g/mol. The lowest BCUT2D eigenvalue weighted by atomic mass is 9.92. The molecule has 2 aliphatic heterocycles. The maximum atomic E-state index is 12.3. The monoisotopic (exact) mass is 296 g/mol. The first-order valence-electron chi connectivity index (χ1n) is 8.33. The summed E-state index contributed by atoms with van der Waals surface area (Å²) in [5.74, 6) is 0.0272. The van der Waals surface area contributed by atoms with Gasteiger partial charge in [0, 0.05) is 13.1 Å². The molecular formula is C16H28N2O3. The lowest BCUT2D eigenvalue weighted by molar-refractivity contribution is -0.146. The number of amides is 1. The van der Waals surface area contributed by atoms with E-state index in [4.69, 9.17) is 5.11 Å². The van der Waals surface area contributed by atoms with Gasteiger partial charge in [-0.25, -0.2) is 0 Å². The summed E-state index contributed by atoms with van der Waals surface area (Å²) in [6.45, 7) is 6.00. The predicted molar refractivity (Wildman–Crippen MR) is 81.0 cm³/mol. The molecule has 2 fully saturated rings. The normalized spacial score (nSPS) is 22.4. The van der Waals surface area contributed by atoms with Crippen molar-refractivity contribution >= 4 is 11.9 Å². The van der Waals surface area contributed by atoms with Gasteiger partial charge in [0.1, 0.15) is 0 Å². The van der Waals surface area contributed by atoms with Gasteiger partial charge in [-0.1, -0.05) is 19.8 Å². The fraction of sp³-hybridized carbons (Fsp3) is 0.875. The van der Waals surface area contributed by atoms with E-state index in [2.05, 4.69) is 11.8 Å². The number of piperidine rings is 2. The van der Waals surface area contributed by atoms with Gasteiger partial charge >= 0.3 is 5.97 Å². The molecule has 1 amide bonds. The number of hydrogen-bond donors (Lipinski definition) is 1. The van der Waals surface area contributed by atoms with Gasteiger partial charge in [0.2, 0.25) is 5.91 Å². The molecule has 5 nitrogen and oxygen atoms in total. The Morgan fingerprint density at radius 2 is 1.67 bits per heavy atom. The fourth-order valence-electron chi connectivity index (χ4n) is 3.51. The van der Waals surface area contributed by atoms with Crippen LogP contribution in [0.3, 0.4) is 0 Å². The van der Waals surface area contributed by atoms with E-state index < -0.39 is 5.97 Å². The quantitative estimate of drug-likeness (QED) is 0.840. The van der Waals surface area contributed by atoms with Crippen LogP contribution in [0.5, 0.6) is 0 Å². The van der Waals surface area contributed by atoms with Gasteiger partial charge in [0.05, 0.1) is 12.5 Å². The van der Waals surface area contributed by atoms with Gasteiger partial charge in [-0.3, -0.25) is 14.5 Å². The molecule has 0 aliphatic carbocycles. The van der Waals surface area contributed by atoms with E-state index in [1.54, 1.807) is 0 Å². The third-order valence-electron chi connectivity index (χ3n) is 4.96. The van der Waals surface area contributed by atoms with Crippen molar-refractivity contribution in [2.24, 2.45) is 11.8 Å². The zero-order chi connectivity index (χ0) is 15.2. The lowest BCUT2D eigenvalue weighted by Crippen LogP contribution is -2.46. The fourth-order valence-corrected chi connectivity index (χ4v) is 3.51. The molecule has 0 unspecified atom stereocenters. The Kier molecular flexibility index (Phi) is 6.03. The Balaban J connectivity index is 1.70. The van der Waals surface area contributed by atoms with E-state index >= 15 is 0 Å². The van der Waals surface area contributed by atoms with E-state index in [1.807, 2.05) is 4.90 Å². The molecule has 2 rings (SSSR count). The van der Waals surface area contributed by atoms with Crippen molar-refractivity contribution in [1.82, 2.24) is 9.80 Å². The van der Waals surface area contributed by atoms with E-state index in [1.165, 1.54) is 25.7 Å². The summed E-state index contributed by atoms with van der Waals surface area (Å²) in [5.41, 5.74) is 0. The standard InChI is InChI=1S/C16H28N2O3/c1-2-3-13-4-8-17(9-5-13)12-15(19)18-10-6-14(7-11-18)16(20)21/h13-14H,2-12H2,1H3,(H,20,21). The van der Waals surface area contributed by atoms with Crippen LogP contribution >= 0.6 is 0 Å². The first-order chi connectivity index (χ1) is 10.1. The molecule has 2 aliphatic rings. The van der Waals surface area contributed by atoms with Crippen LogP contribution in [0.1, 0.15) is 45.4 Å². The van der Waals surface area contributed by atoms with Crippen molar-refractivity contribution in [3.63, 3.8) is 0 Å². The zero-order valence-corrected chi connectivity index (χ0v) is 13.1. The van der Waals surface area contributed by atoms with Crippen LogP contribution in [0.4, 0.5) is 0 Å². The van der Waals surface area contributed by atoms with Crippen molar-refractivity contribution in [1.29, 1.82) is 0 Å². The Morgan fingerprint density at radius 3 is 2.19 bits per heavy atom. The van der Waals surface area contributed by atoms with Crippen molar-refractivity contribution in [2.45, 2.75) is 45.4 Å². The summed E-state index contributed by atoms with van der Waals surface area (Å²) >= 11 is 0. The van der Waals surface area contributed by atoms with E-state index in [-0.39, 0.29) is 11.8 Å². The zero-order valence-electron chi connectivity index (χ0n) is 13.1. The molecule has 0 atom stereocenters. The number of carbonyl (C=O) groups is 2. The third kappa shape index (κ3) is 4.70. The second kappa shape index (κ2) is 7.78. The largest absolute Gasteiger partial charge is 0.481 e. The molecule has 1 N–H and O–H groups in total. The Labute approximate surface area is 127 Å². The number of nitrogens with zero attached hydrogens (tertiary/aromatic N) is 2. The molecule has 2 heterocycles. The highest BCUT2D eigenvalue weighted by Crippen LogP contribution is 2.22. The second-order valence-corrected chi connectivity index (χ2v) is 6.50. The van der Waals surface area contributed by atoms with Crippen molar-refractivity contribution in [3.8, 4) is 0 Å². The van der Waals surface area contributed by atoms with Crippen LogP contribution in [0.25, 0.3) is 0 Å². The summed E-state index contributed by atoms with van der Waals surface area (Å²) in [6.07, 6.45) is 6.18. The van der Waals surface area contributed by atoms with Gasteiger partial charge in [0.25, 0.3) is 0 Å². The number of aliphatic carboxylic acids is 1. The molecule has 0 aromatic rings. The minimum absolute atomic E-state index is 0.174. The highest BCUT2D eigenvalue weighted by Gasteiger charge is 2.28. The topological polar surface area (TPSA) is 60.9 Å². The second-order valence-electron chi connectivity index (χ2n) is 6.50. The summed E-state index contributed by atoms with van der Waals surface area (Å²) in [6, 6.07) is 0. The summed E-state index contributed by atoms with van der Waals surface area (Å²) < 4.78 is 0. The van der Waals surface area contributed by atoms with Gasteiger partial charge < -0.3 is 10.0 Å². The molecule has 0 spiro atoms. The minimum atomic E-state index is -0.722. The van der Waals surface area contributed by atoms with Crippen LogP contribution in [0, 0.1) is 11.8 Å². The number of carbonyl (C=O) groups excluding carboxylic acids is 1. The van der Waals surface area contributed by atoms with Crippen LogP contribution < -0.4 is 0 Å². The van der Waals surface area contributed by atoms with Crippen LogP contribution in [-0.2, 0) is 9.59 Å². The maximum Gasteiger partial charge on any atom is 0.306 e. The first kappa shape index (κ1) is 16.3. The molecule has 0 bridgehead atoms. The Morgan fingerprint density at radius 1 is 1.05 bits per heavy atom. The van der Waals surface area contributed by atoms with E-state index in [0.717, 1.165) is 19.0 Å². The third-order valence-corrected chi connectivity index (χ3v) is 4.96. The number of hydrogen-bond acceptors (Lipinski definition) is 3. The molecule has 0 radical (unpaired) electrons. The molecule has 2 saturated heterocycles. The number of likely N-dealkylation sites (tertiary alicyclic amines) is 2. The number of rotatable bonds is 5. The molecule has 5 heteroatoms. The lowest BCUT2D eigenvalue weighted by Gasteiger charge is -2.35. The molecule has 120 valence electrons. The SMILES string of the molecule is CCCC1CCN(CC(=O)N2CCC(C(=O)O)CC2)CC1. The number of carboxylic acid groups (broad SMARTS) is 1. The van der Waals surface area contributed by atoms with Gasteiger partial charge in [0.15, 0.2) is 0 Å². The predicted octanol–water partition coefficient (Wildman–Crippen LogP) is 1.82. The molecule has 0 aromatic carbocycles. The first-order valence-corrected chi connectivity index (χ1v) is 8.33. The van der Waals surface area contributed by atoms with Crippen molar-refractivity contribution in [3.05, 3.63) is 0 Å². The highest BCUT2D eigenvalue weighted by molar-refractivity contribution is 5.79. The Bertz CT molecular complexity index is 357. The summed E-state index contributed by atoms with van der Waals surface area (Å²) in [4.78, 5) is 27.3. The summed E-state index contributed by atoms with van der Waals surface area (Å²) in [7, 11) is 0. The summed E-state index contributed by atoms with van der Waals surface area (Å²) in [5, 5.41) is 8.98. The van der Waals surface area contributed by atoms with E-state index in [9.17, 15) is 9.59 Å². The molecule has 21 heavy (non-hydrogen) atoms. The van der Waals surface area contributed by atoms with Crippen molar-refractivity contribution < 1.29 is 14.7 Å². The van der Waals surface area contributed by atoms with Gasteiger partial charge in [-0.05, 0) is 44.7 Å². The number of carboxylic acids is 1. The van der Waals surface area contributed by atoms with Crippen LogP contribution in [-0.4, -0.2) is 59.5 Å². The van der Waals surface area contributed by atoms with Crippen molar-refractivity contribution in [2.75, 3.05) is 32.7 Å².